The molecule has 0 aliphatic heterocycles. The number of carbonyl (C=O) groups is 3. The van der Waals surface area contributed by atoms with Crippen LogP contribution >= 0.6 is 0 Å². The molecule has 0 aromatic heterocycles. The van der Waals surface area contributed by atoms with Crippen molar-refractivity contribution in [3.63, 3.8) is 0 Å². The summed E-state index contributed by atoms with van der Waals surface area (Å²) < 4.78 is 5.65. The van der Waals surface area contributed by atoms with Crippen molar-refractivity contribution < 1.29 is 24.2 Å². The van der Waals surface area contributed by atoms with Crippen molar-refractivity contribution in [2.45, 2.75) is 44.6 Å². The number of hydrogen-bond donors (Lipinski definition) is 2. The maximum atomic E-state index is 13.0. The van der Waals surface area contributed by atoms with Crippen LogP contribution in [0.2, 0.25) is 0 Å². The Bertz CT molecular complexity index is 991. The summed E-state index contributed by atoms with van der Waals surface area (Å²) in [6.07, 6.45) is 2.55. The number of carboxylic acids is 1. The van der Waals surface area contributed by atoms with E-state index < -0.39 is 18.0 Å². The molecule has 0 radical (unpaired) electrons. The molecule has 0 unspecified atom stereocenters. The Labute approximate surface area is 193 Å². The van der Waals surface area contributed by atoms with Gasteiger partial charge in [0.2, 0.25) is 5.91 Å². The molecule has 174 valence electrons. The number of amides is 2. The zero-order valence-electron chi connectivity index (χ0n) is 18.8. The Morgan fingerprint density at radius 1 is 1.00 bits per heavy atom. The van der Waals surface area contributed by atoms with E-state index in [1.54, 1.807) is 6.92 Å². The summed E-state index contributed by atoms with van der Waals surface area (Å²) in [6.45, 7) is 1.96. The molecule has 0 saturated heterocycles. The second-order valence-electron chi connectivity index (χ2n) is 8.71. The normalized spacial score (nSPS) is 19.3. The van der Waals surface area contributed by atoms with Crippen LogP contribution in [0.3, 0.4) is 0 Å². The molecule has 2 aliphatic rings. The fraction of sp³-hybridized carbons (Fsp3) is 0.423. The first-order chi connectivity index (χ1) is 16.0. The van der Waals surface area contributed by atoms with Gasteiger partial charge in [-0.05, 0) is 42.0 Å². The average Bonchev–Trinajstić information content (AvgIpc) is 3.15. The van der Waals surface area contributed by atoms with E-state index in [4.69, 9.17) is 9.84 Å². The lowest BCUT2D eigenvalue weighted by atomic mass is 9.83. The van der Waals surface area contributed by atoms with Crippen LogP contribution in [0.25, 0.3) is 11.1 Å². The number of nitrogens with one attached hydrogen (secondary N) is 1. The largest absolute Gasteiger partial charge is 0.480 e. The predicted molar refractivity (Wildman–Crippen MR) is 124 cm³/mol. The number of aliphatic carboxylic acids is 1. The zero-order chi connectivity index (χ0) is 23.4. The number of benzene rings is 2. The van der Waals surface area contributed by atoms with Gasteiger partial charge >= 0.3 is 12.1 Å². The predicted octanol–water partition coefficient (Wildman–Crippen LogP) is 4.02. The lowest BCUT2D eigenvalue weighted by Crippen LogP contribution is -2.50. The molecule has 33 heavy (non-hydrogen) atoms. The molecule has 2 atom stereocenters. The maximum Gasteiger partial charge on any atom is 0.407 e. The second-order valence-corrected chi connectivity index (χ2v) is 8.71. The third-order valence-corrected chi connectivity index (χ3v) is 6.75. The van der Waals surface area contributed by atoms with E-state index in [9.17, 15) is 14.4 Å². The summed E-state index contributed by atoms with van der Waals surface area (Å²) >= 11 is 0. The van der Waals surface area contributed by atoms with Crippen LogP contribution in [0, 0.1) is 5.92 Å². The first-order valence-electron chi connectivity index (χ1n) is 11.6. The highest BCUT2D eigenvalue weighted by atomic mass is 16.5. The second kappa shape index (κ2) is 10.1. The fourth-order valence-electron chi connectivity index (χ4n) is 5.13. The van der Waals surface area contributed by atoms with Crippen LogP contribution in [0.15, 0.2) is 48.5 Å². The molecule has 2 aromatic carbocycles. The molecule has 0 bridgehead atoms. The van der Waals surface area contributed by atoms with Gasteiger partial charge < -0.3 is 20.1 Å². The van der Waals surface area contributed by atoms with E-state index in [1.807, 2.05) is 24.3 Å². The number of carbonyl (C=O) groups excluding carboxylic acids is 2. The Morgan fingerprint density at radius 2 is 1.61 bits per heavy atom. The maximum absolute atomic E-state index is 13.0. The lowest BCUT2D eigenvalue weighted by molar-refractivity contribution is -0.147. The molecule has 2 aromatic rings. The molecule has 7 nitrogen and oxygen atoms in total. The quantitative estimate of drug-likeness (QED) is 0.664. The lowest BCUT2D eigenvalue weighted by Gasteiger charge is -2.34. The van der Waals surface area contributed by atoms with Crippen LogP contribution in [0.1, 0.15) is 49.7 Å². The number of rotatable bonds is 7. The molecule has 7 heteroatoms. The number of nitrogens with zero attached hydrogens (tertiary/aromatic N) is 1. The summed E-state index contributed by atoms with van der Waals surface area (Å²) in [7, 11) is 0. The van der Waals surface area contributed by atoms with Crippen molar-refractivity contribution in [3.8, 4) is 11.1 Å². The Hall–Kier alpha value is -3.35. The number of fused-ring (bicyclic) bond motifs is 3. The smallest absolute Gasteiger partial charge is 0.407 e. The molecule has 2 aliphatic carbocycles. The van der Waals surface area contributed by atoms with E-state index in [0.717, 1.165) is 35.1 Å². The number of alkyl carbamates (subject to hydrolysis) is 1. The standard InChI is InChI=1S/C26H30N2O5/c1-2-28(15-24(29)30)25(31)21-13-7-8-14-23(21)27-26(32)33-16-22-19-11-5-3-9-17(19)18-10-4-6-12-20(18)22/h3-6,9-12,21-23H,2,7-8,13-16H2,1H3,(H,27,32)(H,29,30)/t21-,23+/m0/s1. The molecule has 2 N–H and O–H groups in total. The van der Waals surface area contributed by atoms with Gasteiger partial charge in [0.25, 0.3) is 0 Å². The summed E-state index contributed by atoms with van der Waals surface area (Å²) in [5.41, 5.74) is 4.62. The van der Waals surface area contributed by atoms with Crippen LogP contribution in [-0.2, 0) is 14.3 Å². The molecular formula is C26H30N2O5. The monoisotopic (exact) mass is 450 g/mol. The highest BCUT2D eigenvalue weighted by Crippen LogP contribution is 2.44. The van der Waals surface area contributed by atoms with Crippen molar-refractivity contribution >= 4 is 18.0 Å². The first-order valence-corrected chi connectivity index (χ1v) is 11.6. The van der Waals surface area contributed by atoms with Crippen molar-refractivity contribution in [1.82, 2.24) is 10.2 Å². The van der Waals surface area contributed by atoms with Gasteiger partial charge in [0.1, 0.15) is 13.2 Å². The topological polar surface area (TPSA) is 95.9 Å². The third-order valence-electron chi connectivity index (χ3n) is 6.75. The van der Waals surface area contributed by atoms with E-state index >= 15 is 0 Å². The molecule has 0 spiro atoms. The highest BCUT2D eigenvalue weighted by Gasteiger charge is 2.36. The van der Waals surface area contributed by atoms with E-state index in [-0.39, 0.29) is 31.0 Å². The van der Waals surface area contributed by atoms with Crippen LogP contribution in [0.5, 0.6) is 0 Å². The summed E-state index contributed by atoms with van der Waals surface area (Å²) in [4.78, 5) is 38.1. The molecule has 1 saturated carbocycles. The van der Waals surface area contributed by atoms with Gasteiger partial charge in [-0.2, -0.15) is 0 Å². The number of hydrogen-bond acceptors (Lipinski definition) is 4. The minimum absolute atomic E-state index is 0.0296. The molecule has 1 fully saturated rings. The van der Waals surface area contributed by atoms with Gasteiger partial charge in [-0.15, -0.1) is 0 Å². The zero-order valence-corrected chi connectivity index (χ0v) is 18.8. The molecule has 4 rings (SSSR count). The summed E-state index contributed by atoms with van der Waals surface area (Å²) in [5.74, 6) is -1.72. The summed E-state index contributed by atoms with van der Waals surface area (Å²) in [6, 6.07) is 16.0. The fourth-order valence-corrected chi connectivity index (χ4v) is 5.13. The third kappa shape index (κ3) is 4.87. The van der Waals surface area contributed by atoms with Gasteiger partial charge in [-0.25, -0.2) is 4.79 Å². The average molecular weight is 451 g/mol. The highest BCUT2D eigenvalue weighted by molar-refractivity contribution is 5.84. The Balaban J connectivity index is 1.41. The van der Waals surface area contributed by atoms with E-state index in [2.05, 4.69) is 29.6 Å². The van der Waals surface area contributed by atoms with E-state index in [0.29, 0.717) is 19.4 Å². The molecule has 2 amide bonds. The number of ether oxygens (including phenoxy) is 1. The van der Waals surface area contributed by atoms with Gasteiger partial charge in [0.15, 0.2) is 0 Å². The van der Waals surface area contributed by atoms with E-state index in [1.165, 1.54) is 4.90 Å². The van der Waals surface area contributed by atoms with Gasteiger partial charge in [-0.3, -0.25) is 9.59 Å². The number of likely N-dealkylation sites (N-methyl/N-ethyl adjacent to an activating group) is 1. The van der Waals surface area contributed by atoms with Crippen molar-refractivity contribution in [2.75, 3.05) is 19.7 Å². The van der Waals surface area contributed by atoms with Gasteiger partial charge in [-0.1, -0.05) is 61.4 Å². The van der Waals surface area contributed by atoms with Crippen molar-refractivity contribution in [2.24, 2.45) is 5.92 Å². The van der Waals surface area contributed by atoms with Crippen molar-refractivity contribution in [3.05, 3.63) is 59.7 Å². The minimum atomic E-state index is -1.04. The Kier molecular flexibility index (Phi) is 6.96. The SMILES string of the molecule is CCN(CC(=O)O)C(=O)[C@H]1CCCC[C@H]1NC(=O)OCC1c2ccccc2-c2ccccc21. The minimum Gasteiger partial charge on any atom is -0.480 e. The van der Waals surface area contributed by atoms with Crippen LogP contribution in [-0.4, -0.2) is 53.7 Å². The molecule has 0 heterocycles. The van der Waals surface area contributed by atoms with Crippen LogP contribution in [0.4, 0.5) is 4.79 Å². The Morgan fingerprint density at radius 3 is 2.21 bits per heavy atom. The van der Waals surface area contributed by atoms with Crippen LogP contribution < -0.4 is 5.32 Å². The van der Waals surface area contributed by atoms with Crippen molar-refractivity contribution in [1.29, 1.82) is 0 Å². The van der Waals surface area contributed by atoms with Gasteiger partial charge in [0.05, 0.1) is 5.92 Å². The molecular weight excluding hydrogens is 420 g/mol. The number of carboxylic acid groups (broad SMARTS) is 1. The van der Waals surface area contributed by atoms with Gasteiger partial charge in [0, 0.05) is 18.5 Å². The summed E-state index contributed by atoms with van der Waals surface area (Å²) in [5, 5.41) is 12.0. The first kappa shape index (κ1) is 22.8.